The molecule has 27 heavy (non-hydrogen) atoms. The van der Waals surface area contributed by atoms with Gasteiger partial charge in [0, 0.05) is 19.2 Å². The third-order valence-corrected chi connectivity index (χ3v) is 6.83. The van der Waals surface area contributed by atoms with E-state index < -0.39 is 0 Å². The molecule has 2 heterocycles. The van der Waals surface area contributed by atoms with Crippen LogP contribution in [-0.4, -0.2) is 11.4 Å². The van der Waals surface area contributed by atoms with E-state index in [0.29, 0.717) is 5.92 Å². The van der Waals surface area contributed by atoms with Crippen LogP contribution in [0.3, 0.4) is 0 Å². The molecule has 0 aromatic heterocycles. The Morgan fingerprint density at radius 1 is 0.963 bits per heavy atom. The Balaban J connectivity index is 1.58. The van der Waals surface area contributed by atoms with Crippen molar-refractivity contribution in [2.45, 2.75) is 59.4 Å². The van der Waals surface area contributed by atoms with Crippen LogP contribution in [0.15, 0.2) is 30.1 Å². The number of fused-ring (bicyclic) bond motifs is 1. The van der Waals surface area contributed by atoms with Gasteiger partial charge in [0.2, 0.25) is 0 Å². The molecule has 0 radical (unpaired) electrons. The van der Waals surface area contributed by atoms with Crippen LogP contribution < -0.4 is 4.74 Å². The first-order valence-electron chi connectivity index (χ1n) is 10.4. The number of aryl methyl sites for hydroxylation is 4. The number of benzene rings is 2. The number of nitrogens with zero attached hydrogens (tertiary/aromatic N) is 1. The molecule has 2 aromatic carbocycles. The summed E-state index contributed by atoms with van der Waals surface area (Å²) >= 11 is 0. The molecule has 3 bridgehead atoms. The summed E-state index contributed by atoms with van der Waals surface area (Å²) in [6.07, 6.45) is 6.05. The summed E-state index contributed by atoms with van der Waals surface area (Å²) in [5.74, 6) is 3.52. The smallest absolute Gasteiger partial charge is 0.196 e. The zero-order valence-corrected chi connectivity index (χ0v) is 16.9. The lowest BCUT2D eigenvalue weighted by molar-refractivity contribution is 0.191. The van der Waals surface area contributed by atoms with Gasteiger partial charge in [0.15, 0.2) is 5.88 Å². The molecule has 0 N–H and O–H groups in total. The predicted molar refractivity (Wildman–Crippen MR) is 111 cm³/mol. The van der Waals surface area contributed by atoms with Gasteiger partial charge in [-0.25, -0.2) is 0 Å². The van der Waals surface area contributed by atoms with E-state index in [-0.39, 0.29) is 0 Å². The van der Waals surface area contributed by atoms with Crippen LogP contribution in [0, 0.1) is 26.7 Å². The highest BCUT2D eigenvalue weighted by Gasteiger charge is 2.32. The summed E-state index contributed by atoms with van der Waals surface area (Å²) in [7, 11) is 0. The van der Waals surface area contributed by atoms with Crippen LogP contribution in [-0.2, 0) is 13.0 Å². The van der Waals surface area contributed by atoms with Crippen molar-refractivity contribution < 1.29 is 4.74 Å². The molecule has 2 aliphatic heterocycles. The average molecular weight is 360 g/mol. The fourth-order valence-corrected chi connectivity index (χ4v) is 5.41. The molecule has 0 amide bonds. The van der Waals surface area contributed by atoms with Crippen molar-refractivity contribution in [3.05, 3.63) is 69.1 Å². The minimum atomic E-state index is 0.701. The van der Waals surface area contributed by atoms with Gasteiger partial charge < -0.3 is 9.64 Å². The van der Waals surface area contributed by atoms with Gasteiger partial charge in [0.05, 0.1) is 0 Å². The van der Waals surface area contributed by atoms with E-state index in [1.54, 1.807) is 11.1 Å². The summed E-state index contributed by atoms with van der Waals surface area (Å²) in [5, 5.41) is 0. The second-order valence-corrected chi connectivity index (χ2v) is 8.89. The SMILES string of the molecule is Cc1cc(C)c(OC2=Cc3cc4c5cc3CN2CCC5C(C)CC4)c(C)c1. The maximum atomic E-state index is 6.56. The molecule has 0 saturated heterocycles. The minimum Gasteiger partial charge on any atom is -0.441 e. The first-order chi connectivity index (χ1) is 13.0. The number of hydrogen-bond donors (Lipinski definition) is 0. The highest BCUT2D eigenvalue weighted by molar-refractivity contribution is 5.62. The summed E-state index contributed by atoms with van der Waals surface area (Å²) in [6, 6.07) is 9.39. The van der Waals surface area contributed by atoms with Crippen molar-refractivity contribution in [1.82, 2.24) is 4.90 Å². The first kappa shape index (κ1) is 16.9. The lowest BCUT2D eigenvalue weighted by Gasteiger charge is -2.40. The third-order valence-electron chi connectivity index (χ3n) is 6.83. The van der Waals surface area contributed by atoms with Crippen LogP contribution in [0.25, 0.3) is 6.08 Å². The molecular weight excluding hydrogens is 330 g/mol. The molecule has 2 unspecified atom stereocenters. The van der Waals surface area contributed by atoms with Gasteiger partial charge in [-0.1, -0.05) is 36.8 Å². The Labute approximate surface area is 162 Å². The Morgan fingerprint density at radius 2 is 1.74 bits per heavy atom. The fraction of sp³-hybridized carbons (Fsp3) is 0.440. The molecule has 0 saturated carbocycles. The lowest BCUT2D eigenvalue weighted by Crippen LogP contribution is -2.34. The van der Waals surface area contributed by atoms with E-state index in [0.717, 1.165) is 30.6 Å². The van der Waals surface area contributed by atoms with E-state index in [2.05, 4.69) is 62.9 Å². The molecule has 3 aliphatic rings. The second-order valence-electron chi connectivity index (χ2n) is 8.89. The molecule has 2 nitrogen and oxygen atoms in total. The molecule has 2 heteroatoms. The molecule has 2 atom stereocenters. The molecular formula is C25H29NO. The van der Waals surface area contributed by atoms with Crippen molar-refractivity contribution in [1.29, 1.82) is 0 Å². The standard InChI is InChI=1S/C25H29NO/c1-15-9-17(3)25(18(4)10-15)27-24-13-20-11-19-6-5-16(2)22-7-8-26(24)14-21(20)12-23(19)22/h9-13,16,22H,5-8,14H2,1-4H3. The van der Waals surface area contributed by atoms with Gasteiger partial charge in [-0.2, -0.15) is 0 Å². The molecule has 5 rings (SSSR count). The Morgan fingerprint density at radius 3 is 2.52 bits per heavy atom. The summed E-state index contributed by atoms with van der Waals surface area (Å²) < 4.78 is 6.56. The normalized spacial score (nSPS) is 23.0. The van der Waals surface area contributed by atoms with E-state index >= 15 is 0 Å². The largest absolute Gasteiger partial charge is 0.441 e. The van der Waals surface area contributed by atoms with Crippen molar-refractivity contribution in [2.24, 2.45) is 5.92 Å². The Hall–Kier alpha value is -2.22. The highest BCUT2D eigenvalue weighted by Crippen LogP contribution is 2.43. The second kappa shape index (κ2) is 6.15. The van der Waals surface area contributed by atoms with E-state index in [1.807, 2.05) is 0 Å². The van der Waals surface area contributed by atoms with Gasteiger partial charge in [0.25, 0.3) is 0 Å². The van der Waals surface area contributed by atoms with E-state index in [4.69, 9.17) is 4.74 Å². The zero-order chi connectivity index (χ0) is 18.7. The van der Waals surface area contributed by atoms with Crippen molar-refractivity contribution in [2.75, 3.05) is 6.54 Å². The number of hydrogen-bond acceptors (Lipinski definition) is 2. The van der Waals surface area contributed by atoms with Gasteiger partial charge in [-0.15, -0.1) is 0 Å². The van der Waals surface area contributed by atoms with Gasteiger partial charge in [0.1, 0.15) is 5.75 Å². The maximum absolute atomic E-state index is 6.56. The molecule has 1 aliphatic carbocycles. The molecule has 2 aromatic rings. The number of rotatable bonds is 2. The summed E-state index contributed by atoms with van der Waals surface area (Å²) in [6.45, 7) is 10.9. The first-order valence-corrected chi connectivity index (χ1v) is 10.4. The topological polar surface area (TPSA) is 12.5 Å². The quantitative estimate of drug-likeness (QED) is 0.664. The van der Waals surface area contributed by atoms with Crippen LogP contribution in [0.5, 0.6) is 5.75 Å². The van der Waals surface area contributed by atoms with Crippen LogP contribution in [0.1, 0.15) is 64.6 Å². The summed E-state index contributed by atoms with van der Waals surface area (Å²) in [5.41, 5.74) is 9.77. The molecule has 0 spiro atoms. The Kier molecular flexibility index (Phi) is 3.86. The predicted octanol–water partition coefficient (Wildman–Crippen LogP) is 5.87. The maximum Gasteiger partial charge on any atom is 0.196 e. The van der Waals surface area contributed by atoms with Crippen LogP contribution in [0.2, 0.25) is 0 Å². The van der Waals surface area contributed by atoms with Crippen LogP contribution in [0.4, 0.5) is 0 Å². The number of ether oxygens (including phenoxy) is 1. The minimum absolute atomic E-state index is 0.701. The van der Waals surface area contributed by atoms with Crippen molar-refractivity contribution in [3.63, 3.8) is 0 Å². The van der Waals surface area contributed by atoms with Gasteiger partial charge in [-0.05, 0) is 85.3 Å². The monoisotopic (exact) mass is 359 g/mol. The fourth-order valence-electron chi connectivity index (χ4n) is 5.41. The lowest BCUT2D eigenvalue weighted by atomic mass is 9.72. The van der Waals surface area contributed by atoms with E-state index in [1.165, 1.54) is 47.1 Å². The highest BCUT2D eigenvalue weighted by atomic mass is 16.5. The third kappa shape index (κ3) is 2.77. The van der Waals surface area contributed by atoms with Crippen LogP contribution >= 0.6 is 0 Å². The van der Waals surface area contributed by atoms with Crippen molar-refractivity contribution in [3.8, 4) is 5.75 Å². The van der Waals surface area contributed by atoms with Gasteiger partial charge >= 0.3 is 0 Å². The molecule has 140 valence electrons. The van der Waals surface area contributed by atoms with E-state index in [9.17, 15) is 0 Å². The zero-order valence-electron chi connectivity index (χ0n) is 16.9. The van der Waals surface area contributed by atoms with Crippen molar-refractivity contribution >= 4 is 6.08 Å². The average Bonchev–Trinajstić information content (AvgIpc) is 2.60. The molecule has 0 fully saturated rings. The summed E-state index contributed by atoms with van der Waals surface area (Å²) in [4.78, 5) is 2.45. The Bertz CT molecular complexity index is 932. The van der Waals surface area contributed by atoms with Gasteiger partial charge in [-0.3, -0.25) is 0 Å².